The Bertz CT molecular complexity index is 786. The van der Waals surface area contributed by atoms with Crippen molar-refractivity contribution in [2.45, 2.75) is 64.8 Å². The average molecular weight is 436 g/mol. The number of thiophene rings is 1. The van der Waals surface area contributed by atoms with Crippen molar-refractivity contribution < 1.29 is 19.1 Å². The summed E-state index contributed by atoms with van der Waals surface area (Å²) in [5.74, 6) is -0.251. The van der Waals surface area contributed by atoms with Gasteiger partial charge >= 0.3 is 5.97 Å². The van der Waals surface area contributed by atoms with Crippen LogP contribution in [0.25, 0.3) is 0 Å². The quantitative estimate of drug-likeness (QED) is 0.639. The number of hydrogen-bond donors (Lipinski definition) is 2. The molecule has 1 aliphatic carbocycles. The summed E-state index contributed by atoms with van der Waals surface area (Å²) in [7, 11) is 1.54. The van der Waals surface area contributed by atoms with Crippen molar-refractivity contribution in [3.63, 3.8) is 0 Å². The monoisotopic (exact) mass is 435 g/mol. The number of amides is 2. The lowest BCUT2D eigenvalue weighted by Gasteiger charge is -2.33. The molecular formula is C22H33N3O4S. The molecule has 7 nitrogen and oxygen atoms in total. The fourth-order valence-electron chi connectivity index (χ4n) is 4.83. The van der Waals surface area contributed by atoms with Crippen molar-refractivity contribution in [3.8, 4) is 0 Å². The summed E-state index contributed by atoms with van der Waals surface area (Å²) in [5.41, 5.74) is 0.813. The summed E-state index contributed by atoms with van der Waals surface area (Å²) in [6, 6.07) is 0.479. The number of esters is 1. The molecule has 0 aromatic carbocycles. The van der Waals surface area contributed by atoms with Crippen molar-refractivity contribution in [1.82, 2.24) is 10.2 Å². The number of carbonyl (C=O) groups is 3. The van der Waals surface area contributed by atoms with Gasteiger partial charge in [-0.1, -0.05) is 19.3 Å². The third-order valence-electron chi connectivity index (χ3n) is 6.27. The predicted octanol–water partition coefficient (Wildman–Crippen LogP) is 3.58. The standard InChI is InChI=1S/C22H33N3O4S/c1-4-29-22(28)18-14(2)19(20(27)23-3)30-21(18)24-17(26)13-25-12-8-11-16(25)15-9-6-5-7-10-15/h15-16H,4-13H2,1-3H3,(H,23,27)(H,24,26). The number of nitrogens with zero attached hydrogens (tertiary/aromatic N) is 1. The van der Waals surface area contributed by atoms with Gasteiger partial charge in [-0.3, -0.25) is 14.5 Å². The van der Waals surface area contributed by atoms with Gasteiger partial charge in [0.25, 0.3) is 5.91 Å². The molecule has 2 heterocycles. The van der Waals surface area contributed by atoms with E-state index in [1.165, 1.54) is 32.1 Å². The van der Waals surface area contributed by atoms with Gasteiger partial charge in [-0.15, -0.1) is 11.3 Å². The molecule has 1 saturated heterocycles. The zero-order valence-corrected chi connectivity index (χ0v) is 19.0. The van der Waals surface area contributed by atoms with E-state index in [0.717, 1.165) is 30.7 Å². The molecule has 1 aliphatic heterocycles. The molecule has 8 heteroatoms. The van der Waals surface area contributed by atoms with Crippen LogP contribution in [0.5, 0.6) is 0 Å². The summed E-state index contributed by atoms with van der Waals surface area (Å²) in [6.07, 6.45) is 8.71. The third kappa shape index (κ3) is 5.03. The van der Waals surface area contributed by atoms with Crippen LogP contribution in [0.4, 0.5) is 5.00 Å². The van der Waals surface area contributed by atoms with Crippen molar-refractivity contribution in [2.75, 3.05) is 32.1 Å². The number of rotatable bonds is 7. The molecule has 30 heavy (non-hydrogen) atoms. The van der Waals surface area contributed by atoms with Gasteiger partial charge < -0.3 is 15.4 Å². The fraction of sp³-hybridized carbons (Fsp3) is 0.682. The van der Waals surface area contributed by atoms with E-state index in [1.54, 1.807) is 20.9 Å². The van der Waals surface area contributed by atoms with Gasteiger partial charge in [0.05, 0.1) is 23.6 Å². The third-order valence-corrected chi connectivity index (χ3v) is 7.47. The topological polar surface area (TPSA) is 87.7 Å². The second-order valence-corrected chi connectivity index (χ2v) is 9.21. The Morgan fingerprint density at radius 1 is 1.13 bits per heavy atom. The number of likely N-dealkylation sites (tertiary alicyclic amines) is 1. The van der Waals surface area contributed by atoms with E-state index in [9.17, 15) is 14.4 Å². The van der Waals surface area contributed by atoms with Gasteiger partial charge in [0.15, 0.2) is 0 Å². The average Bonchev–Trinajstić information content (AvgIpc) is 3.32. The Morgan fingerprint density at radius 3 is 2.53 bits per heavy atom. The minimum absolute atomic E-state index is 0.145. The Labute approximate surface area is 182 Å². The van der Waals surface area contributed by atoms with E-state index in [0.29, 0.717) is 33.9 Å². The maximum atomic E-state index is 12.9. The molecule has 0 radical (unpaired) electrons. The van der Waals surface area contributed by atoms with Crippen molar-refractivity contribution in [1.29, 1.82) is 0 Å². The molecule has 1 atom stereocenters. The van der Waals surface area contributed by atoms with Gasteiger partial charge in [0, 0.05) is 13.1 Å². The Balaban J connectivity index is 1.73. The Hall–Kier alpha value is -1.93. The molecule has 1 aromatic heterocycles. The molecule has 2 fully saturated rings. The molecule has 1 aromatic rings. The zero-order valence-electron chi connectivity index (χ0n) is 18.2. The smallest absolute Gasteiger partial charge is 0.341 e. The van der Waals surface area contributed by atoms with Crippen LogP contribution in [0.2, 0.25) is 0 Å². The minimum Gasteiger partial charge on any atom is -0.462 e. The molecular weight excluding hydrogens is 402 g/mol. The van der Waals surface area contributed by atoms with Gasteiger partial charge in [-0.05, 0) is 57.6 Å². The number of hydrogen-bond acceptors (Lipinski definition) is 6. The van der Waals surface area contributed by atoms with Crippen LogP contribution in [0, 0.1) is 12.8 Å². The SMILES string of the molecule is CCOC(=O)c1c(NC(=O)CN2CCCC2C2CCCCC2)sc(C(=O)NC)c1C. The van der Waals surface area contributed by atoms with Gasteiger partial charge in [-0.25, -0.2) is 4.79 Å². The van der Waals surface area contributed by atoms with Crippen LogP contribution in [0.15, 0.2) is 0 Å². The number of carbonyl (C=O) groups excluding carboxylic acids is 3. The lowest BCUT2D eigenvalue weighted by atomic mass is 9.83. The van der Waals surface area contributed by atoms with Crippen LogP contribution >= 0.6 is 11.3 Å². The van der Waals surface area contributed by atoms with E-state index >= 15 is 0 Å². The normalized spacial score (nSPS) is 20.2. The summed E-state index contributed by atoms with van der Waals surface area (Å²) in [6.45, 7) is 4.93. The van der Waals surface area contributed by atoms with Gasteiger partial charge in [0.2, 0.25) is 5.91 Å². The van der Waals surface area contributed by atoms with Crippen molar-refractivity contribution in [2.24, 2.45) is 5.92 Å². The molecule has 2 aliphatic rings. The van der Waals surface area contributed by atoms with Crippen LogP contribution < -0.4 is 10.6 Å². The highest BCUT2D eigenvalue weighted by atomic mass is 32.1. The first kappa shape index (κ1) is 22.7. The van der Waals surface area contributed by atoms with Crippen molar-refractivity contribution >= 4 is 34.1 Å². The number of nitrogens with one attached hydrogen (secondary N) is 2. The highest BCUT2D eigenvalue weighted by Crippen LogP contribution is 2.35. The van der Waals surface area contributed by atoms with Crippen molar-refractivity contribution in [3.05, 3.63) is 16.0 Å². The molecule has 0 spiro atoms. The molecule has 0 bridgehead atoms. The summed E-state index contributed by atoms with van der Waals surface area (Å²) in [4.78, 5) is 40.3. The van der Waals surface area contributed by atoms with Gasteiger partial charge in [-0.2, -0.15) is 0 Å². The Kier molecular flexibility index (Phi) is 7.88. The second-order valence-electron chi connectivity index (χ2n) is 8.19. The lowest BCUT2D eigenvalue weighted by molar-refractivity contribution is -0.117. The molecule has 2 amide bonds. The second kappa shape index (κ2) is 10.4. The lowest BCUT2D eigenvalue weighted by Crippen LogP contribution is -2.41. The van der Waals surface area contributed by atoms with Crippen LogP contribution in [-0.4, -0.2) is 55.5 Å². The first-order valence-corrected chi connectivity index (χ1v) is 11.8. The fourth-order valence-corrected chi connectivity index (χ4v) is 5.99. The van der Waals surface area contributed by atoms with E-state index in [2.05, 4.69) is 15.5 Å². The van der Waals surface area contributed by atoms with Gasteiger partial charge in [0.1, 0.15) is 5.00 Å². The molecule has 2 N–H and O–H groups in total. The molecule has 1 saturated carbocycles. The number of ether oxygens (including phenoxy) is 1. The largest absolute Gasteiger partial charge is 0.462 e. The molecule has 3 rings (SSSR count). The maximum Gasteiger partial charge on any atom is 0.341 e. The number of anilines is 1. The van der Waals surface area contributed by atoms with Crippen LogP contribution in [0.1, 0.15) is 77.5 Å². The van der Waals surface area contributed by atoms with E-state index < -0.39 is 5.97 Å². The van der Waals surface area contributed by atoms with E-state index in [4.69, 9.17) is 4.74 Å². The first-order chi connectivity index (χ1) is 14.5. The van der Waals surface area contributed by atoms with Crippen LogP contribution in [0.3, 0.4) is 0 Å². The summed E-state index contributed by atoms with van der Waals surface area (Å²) >= 11 is 1.12. The summed E-state index contributed by atoms with van der Waals surface area (Å²) < 4.78 is 5.16. The van der Waals surface area contributed by atoms with E-state index in [1.807, 2.05) is 0 Å². The molecule has 1 unspecified atom stereocenters. The highest BCUT2D eigenvalue weighted by Gasteiger charge is 2.34. The Morgan fingerprint density at radius 2 is 1.87 bits per heavy atom. The zero-order chi connectivity index (χ0) is 21.7. The highest BCUT2D eigenvalue weighted by molar-refractivity contribution is 7.18. The maximum absolute atomic E-state index is 12.9. The first-order valence-electron chi connectivity index (χ1n) is 11.0. The van der Waals surface area contributed by atoms with E-state index in [-0.39, 0.29) is 24.0 Å². The predicted molar refractivity (Wildman–Crippen MR) is 118 cm³/mol. The minimum atomic E-state index is -0.516. The van der Waals surface area contributed by atoms with Crippen LogP contribution in [-0.2, 0) is 9.53 Å². The molecule has 166 valence electrons. The summed E-state index contributed by atoms with van der Waals surface area (Å²) in [5, 5.41) is 5.88.